The number of hydrogen-bond acceptors (Lipinski definition) is 9. The van der Waals surface area contributed by atoms with Crippen LogP contribution in [0.3, 0.4) is 0 Å². The van der Waals surface area contributed by atoms with E-state index in [1.165, 1.54) is 32.2 Å². The maximum atomic E-state index is 13.7. The zero-order valence-corrected chi connectivity index (χ0v) is 23.9. The molecule has 0 saturated heterocycles. The summed E-state index contributed by atoms with van der Waals surface area (Å²) in [6, 6.07) is 17.8. The highest BCUT2D eigenvalue weighted by Crippen LogP contribution is 2.41. The van der Waals surface area contributed by atoms with Crippen molar-refractivity contribution < 1.29 is 28.2 Å². The fraction of sp³-hybridized carbons (Fsp3) is 0.233. The van der Waals surface area contributed by atoms with Crippen LogP contribution in [-0.2, 0) is 9.59 Å². The summed E-state index contributed by atoms with van der Waals surface area (Å²) in [5.41, 5.74) is 2.10. The van der Waals surface area contributed by atoms with Gasteiger partial charge in [-0.25, -0.2) is 0 Å². The lowest BCUT2D eigenvalue weighted by Crippen LogP contribution is -2.31. The van der Waals surface area contributed by atoms with Crippen LogP contribution in [0.25, 0.3) is 0 Å². The topological polar surface area (TPSA) is 135 Å². The number of thioether (sulfide) groups is 1. The maximum Gasteiger partial charge on any atom is 0.254 e. The first-order valence-corrected chi connectivity index (χ1v) is 13.7. The molecule has 1 aliphatic rings. The van der Waals surface area contributed by atoms with E-state index in [2.05, 4.69) is 22.0 Å². The molecule has 0 radical (unpaired) electrons. The number of rotatable bonds is 11. The molecule has 0 bridgehead atoms. The molecule has 0 fully saturated rings. The van der Waals surface area contributed by atoms with Crippen molar-refractivity contribution in [2.24, 2.45) is 0 Å². The van der Waals surface area contributed by atoms with E-state index in [0.29, 0.717) is 57.3 Å². The zero-order chi connectivity index (χ0) is 29.4. The molecule has 1 aromatic heterocycles. The Morgan fingerprint density at radius 2 is 1.83 bits per heavy atom. The average Bonchev–Trinajstić information content (AvgIpc) is 3.51. The molecule has 1 aliphatic heterocycles. The third kappa shape index (κ3) is 6.85. The lowest BCUT2D eigenvalue weighted by Gasteiger charge is -2.28. The molecule has 0 aliphatic carbocycles. The summed E-state index contributed by atoms with van der Waals surface area (Å²) >= 11 is 1.17. The molecule has 3 N–H and O–H groups in total. The van der Waals surface area contributed by atoms with E-state index in [1.54, 1.807) is 61.5 Å². The second-order valence-electron chi connectivity index (χ2n) is 8.78. The molecular formula is C30H30N4O6S. The van der Waals surface area contributed by atoms with E-state index in [9.17, 15) is 14.9 Å². The van der Waals surface area contributed by atoms with Crippen molar-refractivity contribution >= 4 is 35.0 Å². The zero-order valence-electron chi connectivity index (χ0n) is 23.1. The molecule has 10 nitrogen and oxygen atoms in total. The first-order valence-electron chi connectivity index (χ1n) is 12.7. The van der Waals surface area contributed by atoms with Crippen LogP contribution in [0.1, 0.15) is 25.5 Å². The predicted octanol–water partition coefficient (Wildman–Crippen LogP) is 5.40. The van der Waals surface area contributed by atoms with Crippen LogP contribution in [-0.4, -0.2) is 38.4 Å². The Bertz CT molecular complexity index is 1510. The molecule has 41 heavy (non-hydrogen) atoms. The van der Waals surface area contributed by atoms with E-state index in [4.69, 9.17) is 18.6 Å². The fourth-order valence-electron chi connectivity index (χ4n) is 4.30. The molecule has 2 amide bonds. The summed E-state index contributed by atoms with van der Waals surface area (Å²) in [6.45, 7) is 4.19. The number of nitrogens with one attached hydrogen (secondary N) is 3. The molecule has 0 saturated carbocycles. The van der Waals surface area contributed by atoms with Crippen molar-refractivity contribution in [1.82, 2.24) is 5.32 Å². The van der Waals surface area contributed by atoms with Gasteiger partial charge in [0.15, 0.2) is 0 Å². The molecule has 212 valence electrons. The number of ether oxygens (including phenoxy) is 3. The quantitative estimate of drug-likeness (QED) is 0.275. The van der Waals surface area contributed by atoms with Crippen molar-refractivity contribution in [3.8, 4) is 23.3 Å². The number of allylic oxidation sites excluding steroid dienone is 2. The number of benzene rings is 2. The Balaban J connectivity index is 1.56. The van der Waals surface area contributed by atoms with Crippen molar-refractivity contribution in [2.75, 3.05) is 37.2 Å². The van der Waals surface area contributed by atoms with Crippen LogP contribution in [0.15, 0.2) is 87.1 Å². The van der Waals surface area contributed by atoms with Gasteiger partial charge in [-0.15, -0.1) is 0 Å². The van der Waals surface area contributed by atoms with Gasteiger partial charge in [0, 0.05) is 17.5 Å². The van der Waals surface area contributed by atoms with Gasteiger partial charge >= 0.3 is 0 Å². The monoisotopic (exact) mass is 574 g/mol. The van der Waals surface area contributed by atoms with Crippen LogP contribution in [0, 0.1) is 11.3 Å². The van der Waals surface area contributed by atoms with Crippen LogP contribution >= 0.6 is 11.8 Å². The molecule has 2 heterocycles. The van der Waals surface area contributed by atoms with Gasteiger partial charge in [0.05, 0.1) is 66.7 Å². The normalized spacial score (nSPS) is 14.6. The van der Waals surface area contributed by atoms with Gasteiger partial charge in [0.2, 0.25) is 5.91 Å². The summed E-state index contributed by atoms with van der Waals surface area (Å²) in [6.07, 6.45) is 1.49. The second kappa shape index (κ2) is 13.5. The first kappa shape index (κ1) is 29.2. The van der Waals surface area contributed by atoms with Gasteiger partial charge in [-0.3, -0.25) is 9.59 Å². The summed E-state index contributed by atoms with van der Waals surface area (Å²) in [5.74, 6) is 0.639. The van der Waals surface area contributed by atoms with E-state index >= 15 is 0 Å². The number of anilines is 2. The highest BCUT2D eigenvalue weighted by Gasteiger charge is 2.36. The highest BCUT2D eigenvalue weighted by atomic mass is 32.2. The number of nitriles is 1. The molecule has 1 atom stereocenters. The Morgan fingerprint density at radius 1 is 1.07 bits per heavy atom. The molecule has 4 rings (SSSR count). The Morgan fingerprint density at radius 3 is 2.46 bits per heavy atom. The Kier molecular flexibility index (Phi) is 9.60. The summed E-state index contributed by atoms with van der Waals surface area (Å²) < 4.78 is 21.8. The third-order valence-corrected chi connectivity index (χ3v) is 7.19. The number of furan rings is 1. The van der Waals surface area contributed by atoms with Crippen LogP contribution in [0.5, 0.6) is 17.2 Å². The second-order valence-corrected chi connectivity index (χ2v) is 9.77. The van der Waals surface area contributed by atoms with E-state index < -0.39 is 11.8 Å². The number of nitrogens with zero attached hydrogens (tertiary/aromatic N) is 1. The maximum absolute atomic E-state index is 13.7. The summed E-state index contributed by atoms with van der Waals surface area (Å²) in [7, 11) is 3.03. The number of amides is 2. The highest BCUT2D eigenvalue weighted by molar-refractivity contribution is 8.03. The average molecular weight is 575 g/mol. The van der Waals surface area contributed by atoms with Crippen molar-refractivity contribution in [1.29, 1.82) is 5.26 Å². The van der Waals surface area contributed by atoms with E-state index in [1.807, 2.05) is 6.92 Å². The number of carbonyl (C=O) groups is 2. The van der Waals surface area contributed by atoms with Gasteiger partial charge in [0.1, 0.15) is 23.0 Å². The number of dihydropyridines is 1. The minimum Gasteiger partial charge on any atom is -0.497 e. The largest absolute Gasteiger partial charge is 0.497 e. The van der Waals surface area contributed by atoms with Gasteiger partial charge in [-0.2, -0.15) is 5.26 Å². The molecular weight excluding hydrogens is 544 g/mol. The van der Waals surface area contributed by atoms with Crippen LogP contribution in [0.4, 0.5) is 11.4 Å². The number of carbonyl (C=O) groups excluding carboxylic acids is 2. The third-order valence-electron chi connectivity index (χ3n) is 6.17. The molecule has 0 spiro atoms. The fourth-order valence-corrected chi connectivity index (χ4v) is 5.20. The number of hydrogen-bond donors (Lipinski definition) is 3. The lowest BCUT2D eigenvalue weighted by molar-refractivity contribution is -0.114. The Hall–Kier alpha value is -4.82. The minimum absolute atomic E-state index is 0.0292. The minimum atomic E-state index is -0.801. The summed E-state index contributed by atoms with van der Waals surface area (Å²) in [4.78, 5) is 26.4. The van der Waals surface area contributed by atoms with E-state index in [-0.39, 0.29) is 17.2 Å². The smallest absolute Gasteiger partial charge is 0.254 e. The molecule has 3 aromatic rings. The molecule has 2 aromatic carbocycles. The van der Waals surface area contributed by atoms with Crippen molar-refractivity contribution in [3.05, 3.63) is 88.5 Å². The molecule has 0 unspecified atom stereocenters. The van der Waals surface area contributed by atoms with Gasteiger partial charge in [0.25, 0.3) is 5.91 Å². The van der Waals surface area contributed by atoms with Gasteiger partial charge in [-0.05, 0) is 62.4 Å². The first-order chi connectivity index (χ1) is 19.9. The van der Waals surface area contributed by atoms with Crippen LogP contribution < -0.4 is 30.2 Å². The molecule has 11 heteroatoms. The lowest BCUT2D eigenvalue weighted by atomic mass is 9.85. The summed E-state index contributed by atoms with van der Waals surface area (Å²) in [5, 5.41) is 19.6. The van der Waals surface area contributed by atoms with E-state index in [0.717, 1.165) is 0 Å². The predicted molar refractivity (Wildman–Crippen MR) is 157 cm³/mol. The Labute approximate surface area is 242 Å². The van der Waals surface area contributed by atoms with Crippen LogP contribution in [0.2, 0.25) is 0 Å². The standard InChI is InChI=1S/C30H30N4O6S/c1-5-39-20-10-8-19(9-11-20)33-26(35)17-41-30-22(16-31)28(25-7-6-14-40-25)27(18(2)32-30)29(36)34-23-15-21(37-3)12-13-24(23)38-4/h6-15,28,32H,5,17H2,1-4H3,(H,33,35)(H,34,36)/t28-/m1/s1. The SMILES string of the molecule is CCOc1ccc(NC(=O)CSC2=C(C#N)[C@H](c3ccco3)C(C(=O)Nc3cc(OC)ccc3OC)=C(C)N2)cc1. The van der Waals surface area contributed by atoms with Gasteiger partial charge < -0.3 is 34.6 Å². The van der Waals surface area contributed by atoms with Crippen molar-refractivity contribution in [3.63, 3.8) is 0 Å². The number of methoxy groups -OCH3 is 2. The van der Waals surface area contributed by atoms with Gasteiger partial charge in [-0.1, -0.05) is 11.8 Å². The van der Waals surface area contributed by atoms with Crippen molar-refractivity contribution in [2.45, 2.75) is 19.8 Å².